The molecule has 0 aliphatic rings. The molecular weight excluding hydrogens is 343 g/mol. The fraction of sp³-hybridized carbons (Fsp3) is 0.250. The van der Waals surface area contributed by atoms with E-state index < -0.39 is 29.7 Å². The van der Waals surface area contributed by atoms with Crippen LogP contribution in [0, 0.1) is 0 Å². The predicted octanol–water partition coefficient (Wildman–Crippen LogP) is 3.28. The molecule has 2 rings (SSSR count). The molecule has 8 heteroatoms. The molecule has 0 saturated heterocycles. The van der Waals surface area contributed by atoms with Gasteiger partial charge < -0.3 is 10.1 Å². The Morgan fingerprint density at radius 3 is 2.58 bits per heavy atom. The molecule has 0 aliphatic heterocycles. The molecule has 0 bridgehead atoms. The lowest BCUT2D eigenvalue weighted by atomic mass is 10.1. The summed E-state index contributed by atoms with van der Waals surface area (Å²) in [6.45, 7) is 0. The lowest BCUT2D eigenvalue weighted by molar-refractivity contribution is -0.143. The quantitative estimate of drug-likeness (QED) is 0.836. The minimum absolute atomic E-state index is 0.176. The molecule has 24 heavy (non-hydrogen) atoms. The highest BCUT2D eigenvalue weighted by Gasteiger charge is 2.31. The number of amides is 1. The number of carbonyl (C=O) groups is 2. The van der Waals surface area contributed by atoms with E-state index in [9.17, 15) is 22.8 Å². The fourth-order valence-corrected chi connectivity index (χ4v) is 2.80. The predicted molar refractivity (Wildman–Crippen MR) is 82.7 cm³/mol. The van der Waals surface area contributed by atoms with Crippen LogP contribution < -0.4 is 5.32 Å². The van der Waals surface area contributed by atoms with Crippen molar-refractivity contribution in [2.45, 2.75) is 18.6 Å². The molecule has 1 aromatic heterocycles. The van der Waals surface area contributed by atoms with Crippen LogP contribution in [0.4, 0.5) is 13.2 Å². The molecule has 1 N–H and O–H groups in total. The second kappa shape index (κ2) is 7.48. The first-order valence-corrected chi connectivity index (χ1v) is 7.77. The third-order valence-corrected chi connectivity index (χ3v) is 4.13. The molecule has 4 nitrogen and oxygen atoms in total. The van der Waals surface area contributed by atoms with Crippen LogP contribution in [-0.2, 0) is 22.1 Å². The average Bonchev–Trinajstić information content (AvgIpc) is 3.05. The van der Waals surface area contributed by atoms with Crippen LogP contribution in [0.1, 0.15) is 20.8 Å². The van der Waals surface area contributed by atoms with Crippen molar-refractivity contribution in [1.82, 2.24) is 5.32 Å². The minimum Gasteiger partial charge on any atom is -0.467 e. The number of esters is 1. The molecule has 0 radical (unpaired) electrons. The Bertz CT molecular complexity index is 714. The first kappa shape index (κ1) is 18.0. The molecule has 1 heterocycles. The summed E-state index contributed by atoms with van der Waals surface area (Å²) >= 11 is 1.40. The van der Waals surface area contributed by atoms with E-state index >= 15 is 0 Å². The number of halogens is 3. The van der Waals surface area contributed by atoms with Gasteiger partial charge in [-0.15, -0.1) is 11.3 Å². The van der Waals surface area contributed by atoms with Crippen LogP contribution in [0.25, 0.3) is 0 Å². The number of rotatable bonds is 5. The Labute approximate surface area is 140 Å². The second-order valence-corrected chi connectivity index (χ2v) is 5.94. The summed E-state index contributed by atoms with van der Waals surface area (Å²) in [5, 5.41) is 4.24. The molecule has 0 spiro atoms. The van der Waals surface area contributed by atoms with Crippen molar-refractivity contribution in [3.05, 3.63) is 57.8 Å². The maximum atomic E-state index is 12.7. The number of benzene rings is 1. The second-order valence-electron chi connectivity index (χ2n) is 4.91. The Hall–Kier alpha value is -2.35. The van der Waals surface area contributed by atoms with Gasteiger partial charge in [0, 0.05) is 16.9 Å². The monoisotopic (exact) mass is 357 g/mol. The van der Waals surface area contributed by atoms with Gasteiger partial charge in [0.25, 0.3) is 5.91 Å². The highest BCUT2D eigenvalue weighted by molar-refractivity contribution is 7.09. The van der Waals surface area contributed by atoms with Gasteiger partial charge >= 0.3 is 12.1 Å². The van der Waals surface area contributed by atoms with E-state index in [1.165, 1.54) is 24.5 Å². The highest BCUT2D eigenvalue weighted by Crippen LogP contribution is 2.29. The van der Waals surface area contributed by atoms with Crippen molar-refractivity contribution in [2.24, 2.45) is 0 Å². The zero-order chi connectivity index (χ0) is 17.7. The first-order chi connectivity index (χ1) is 11.3. The molecule has 0 aliphatic carbocycles. The van der Waals surface area contributed by atoms with Gasteiger partial charge in [-0.05, 0) is 29.6 Å². The normalized spacial score (nSPS) is 12.5. The molecule has 1 unspecified atom stereocenters. The van der Waals surface area contributed by atoms with E-state index in [0.29, 0.717) is 0 Å². The van der Waals surface area contributed by atoms with E-state index in [1.54, 1.807) is 12.1 Å². The summed E-state index contributed by atoms with van der Waals surface area (Å²) < 4.78 is 42.8. The van der Waals surface area contributed by atoms with Crippen molar-refractivity contribution < 1.29 is 27.5 Å². The molecule has 1 aromatic carbocycles. The fourth-order valence-electron chi connectivity index (χ4n) is 2.04. The van der Waals surface area contributed by atoms with Crippen LogP contribution in [0.5, 0.6) is 0 Å². The molecule has 0 fully saturated rings. The van der Waals surface area contributed by atoms with E-state index in [1.807, 2.05) is 5.38 Å². The van der Waals surface area contributed by atoms with Gasteiger partial charge in [0.1, 0.15) is 6.04 Å². The van der Waals surface area contributed by atoms with Crippen molar-refractivity contribution >= 4 is 23.2 Å². The number of ether oxygens (including phenoxy) is 1. The number of hydrogen-bond donors (Lipinski definition) is 1. The summed E-state index contributed by atoms with van der Waals surface area (Å²) in [6.07, 6.45) is -4.34. The zero-order valence-corrected chi connectivity index (χ0v) is 13.4. The van der Waals surface area contributed by atoms with Gasteiger partial charge in [-0.2, -0.15) is 13.2 Å². The number of nitrogens with one attached hydrogen (secondary N) is 1. The lowest BCUT2D eigenvalue weighted by Gasteiger charge is -2.16. The largest absolute Gasteiger partial charge is 0.467 e. The van der Waals surface area contributed by atoms with E-state index in [-0.39, 0.29) is 12.0 Å². The van der Waals surface area contributed by atoms with Gasteiger partial charge in [0.05, 0.1) is 12.7 Å². The van der Waals surface area contributed by atoms with Crippen LogP contribution in [0.2, 0.25) is 0 Å². The summed E-state index contributed by atoms with van der Waals surface area (Å²) in [5.41, 5.74) is -1.10. The van der Waals surface area contributed by atoms with Gasteiger partial charge in [-0.3, -0.25) is 4.79 Å². The Morgan fingerprint density at radius 1 is 1.25 bits per heavy atom. The Balaban J connectivity index is 2.17. The standard InChI is InChI=1S/C16H14F3NO3S/c1-23-15(22)13(9-12-6-3-7-24-12)20-14(21)10-4-2-5-11(8-10)16(17,18)19/h2-8,13H,9H2,1H3,(H,20,21). The third kappa shape index (κ3) is 4.58. The van der Waals surface area contributed by atoms with E-state index in [4.69, 9.17) is 0 Å². The van der Waals surface area contributed by atoms with Gasteiger partial charge in [-0.25, -0.2) is 4.79 Å². The highest BCUT2D eigenvalue weighted by atomic mass is 32.1. The van der Waals surface area contributed by atoms with Crippen molar-refractivity contribution in [3.8, 4) is 0 Å². The van der Waals surface area contributed by atoms with Crippen LogP contribution in [0.15, 0.2) is 41.8 Å². The zero-order valence-electron chi connectivity index (χ0n) is 12.6. The molecule has 1 atom stereocenters. The summed E-state index contributed by atoms with van der Waals surface area (Å²) in [5.74, 6) is -1.43. The van der Waals surface area contributed by atoms with Gasteiger partial charge in [0.2, 0.25) is 0 Å². The molecule has 0 saturated carbocycles. The van der Waals surface area contributed by atoms with Crippen LogP contribution in [-0.4, -0.2) is 25.0 Å². The Morgan fingerprint density at radius 2 is 2.00 bits per heavy atom. The topological polar surface area (TPSA) is 55.4 Å². The maximum Gasteiger partial charge on any atom is 0.416 e. The van der Waals surface area contributed by atoms with Gasteiger partial charge in [-0.1, -0.05) is 12.1 Å². The first-order valence-electron chi connectivity index (χ1n) is 6.89. The number of hydrogen-bond acceptors (Lipinski definition) is 4. The number of carbonyl (C=O) groups excluding carboxylic acids is 2. The number of methoxy groups -OCH3 is 1. The summed E-state index contributed by atoms with van der Waals surface area (Å²) in [4.78, 5) is 24.9. The summed E-state index contributed by atoms with van der Waals surface area (Å²) in [6, 6.07) is 6.62. The van der Waals surface area contributed by atoms with Crippen molar-refractivity contribution in [3.63, 3.8) is 0 Å². The smallest absolute Gasteiger partial charge is 0.416 e. The van der Waals surface area contributed by atoms with Gasteiger partial charge in [0.15, 0.2) is 0 Å². The molecular formula is C16H14F3NO3S. The molecule has 128 valence electrons. The SMILES string of the molecule is COC(=O)C(Cc1cccs1)NC(=O)c1cccc(C(F)(F)F)c1. The van der Waals surface area contributed by atoms with E-state index in [0.717, 1.165) is 23.1 Å². The number of alkyl halides is 3. The maximum absolute atomic E-state index is 12.7. The van der Waals surface area contributed by atoms with Crippen LogP contribution in [0.3, 0.4) is 0 Å². The third-order valence-electron chi connectivity index (χ3n) is 3.23. The molecule has 1 amide bonds. The van der Waals surface area contributed by atoms with E-state index in [2.05, 4.69) is 10.1 Å². The van der Waals surface area contributed by atoms with Crippen molar-refractivity contribution in [2.75, 3.05) is 7.11 Å². The average molecular weight is 357 g/mol. The Kier molecular flexibility index (Phi) is 5.61. The van der Waals surface area contributed by atoms with Crippen molar-refractivity contribution in [1.29, 1.82) is 0 Å². The summed E-state index contributed by atoms with van der Waals surface area (Å²) in [7, 11) is 1.18. The number of thiophene rings is 1. The molecule has 2 aromatic rings. The minimum atomic E-state index is -4.55. The lowest BCUT2D eigenvalue weighted by Crippen LogP contribution is -2.43. The van der Waals surface area contributed by atoms with Crippen LogP contribution >= 0.6 is 11.3 Å².